The molecule has 0 N–H and O–H groups in total. The Bertz CT molecular complexity index is 357. The van der Waals surface area contributed by atoms with E-state index in [1.165, 1.54) is 0 Å². The Kier molecular flexibility index (Phi) is 3.77. The van der Waals surface area contributed by atoms with Gasteiger partial charge in [0.2, 0.25) is 0 Å². The number of aldehydes is 1. The molecule has 0 atom stereocenters. The fourth-order valence-corrected chi connectivity index (χ4v) is 1.54. The van der Waals surface area contributed by atoms with Gasteiger partial charge in [0.1, 0.15) is 11.4 Å². The number of alkyl halides is 3. The molecule has 1 aromatic rings. The van der Waals surface area contributed by atoms with Gasteiger partial charge in [-0.1, -0.05) is 11.6 Å². The first-order valence-corrected chi connectivity index (χ1v) is 4.50. The van der Waals surface area contributed by atoms with Gasteiger partial charge in [0.15, 0.2) is 6.29 Å². The molecule has 0 spiro atoms. The van der Waals surface area contributed by atoms with Crippen LogP contribution < -0.4 is 0 Å². The van der Waals surface area contributed by atoms with E-state index in [1.807, 2.05) is 0 Å². The first kappa shape index (κ1) is 11.3. The van der Waals surface area contributed by atoms with Crippen LogP contribution in [0.15, 0.2) is 6.07 Å². The van der Waals surface area contributed by atoms with Gasteiger partial charge in [-0.15, -0.1) is 11.6 Å². The van der Waals surface area contributed by atoms with E-state index in [0.29, 0.717) is 6.29 Å². The van der Waals surface area contributed by atoms with E-state index >= 15 is 0 Å². The van der Waals surface area contributed by atoms with Crippen molar-refractivity contribution in [3.63, 3.8) is 0 Å². The summed E-state index contributed by atoms with van der Waals surface area (Å²) in [4.78, 5) is 13.9. The van der Waals surface area contributed by atoms with Gasteiger partial charge in [-0.05, 0) is 6.07 Å². The predicted octanol–water partition coefficient (Wildman–Crippen LogP) is 3.22. The van der Waals surface area contributed by atoms with Crippen molar-refractivity contribution in [2.24, 2.45) is 0 Å². The maximum Gasteiger partial charge on any atom is 0.280 e. The third-order valence-electron chi connectivity index (χ3n) is 1.59. The molecule has 0 aliphatic carbocycles. The summed E-state index contributed by atoms with van der Waals surface area (Å²) in [7, 11) is 0. The quantitative estimate of drug-likeness (QED) is 0.599. The fraction of sp³-hybridized carbons (Fsp3) is 0.250. The van der Waals surface area contributed by atoms with Crippen LogP contribution in [0, 0.1) is 0 Å². The minimum absolute atomic E-state index is 0.0346. The highest BCUT2D eigenvalue weighted by molar-refractivity contribution is 6.32. The molecule has 0 saturated heterocycles. The van der Waals surface area contributed by atoms with E-state index in [0.717, 1.165) is 6.07 Å². The Morgan fingerprint density at radius 1 is 1.57 bits per heavy atom. The van der Waals surface area contributed by atoms with Gasteiger partial charge in [-0.3, -0.25) is 4.79 Å². The molecular weight excluding hydrogens is 235 g/mol. The third kappa shape index (κ3) is 2.19. The average molecular weight is 240 g/mol. The summed E-state index contributed by atoms with van der Waals surface area (Å²) in [6.45, 7) is 0. The van der Waals surface area contributed by atoms with Crippen LogP contribution in [0.3, 0.4) is 0 Å². The van der Waals surface area contributed by atoms with E-state index in [4.69, 9.17) is 23.2 Å². The van der Waals surface area contributed by atoms with Crippen LogP contribution in [0.5, 0.6) is 0 Å². The smallest absolute Gasteiger partial charge is 0.280 e. The van der Waals surface area contributed by atoms with Gasteiger partial charge in [-0.25, -0.2) is 13.8 Å². The zero-order valence-corrected chi connectivity index (χ0v) is 8.32. The van der Waals surface area contributed by atoms with Crippen LogP contribution in [-0.4, -0.2) is 11.3 Å². The molecule has 1 rings (SSSR count). The van der Waals surface area contributed by atoms with Gasteiger partial charge in [0.05, 0.1) is 5.88 Å². The highest BCUT2D eigenvalue weighted by Crippen LogP contribution is 2.25. The number of hydrogen-bond acceptors (Lipinski definition) is 2. The molecule has 0 aliphatic rings. The van der Waals surface area contributed by atoms with Crippen molar-refractivity contribution in [3.05, 3.63) is 28.0 Å². The molecule has 0 radical (unpaired) electrons. The number of hydrogen-bond donors (Lipinski definition) is 0. The zero-order chi connectivity index (χ0) is 10.7. The minimum Gasteiger partial charge on any atom is -0.296 e. The van der Waals surface area contributed by atoms with Gasteiger partial charge >= 0.3 is 0 Å². The highest BCUT2D eigenvalue weighted by Gasteiger charge is 2.15. The van der Waals surface area contributed by atoms with Crippen LogP contribution in [0.2, 0.25) is 5.02 Å². The van der Waals surface area contributed by atoms with E-state index in [2.05, 4.69) is 4.98 Å². The molecule has 76 valence electrons. The molecule has 0 aliphatic heterocycles. The molecule has 0 saturated carbocycles. The van der Waals surface area contributed by atoms with Crippen LogP contribution >= 0.6 is 23.2 Å². The first-order chi connectivity index (χ1) is 6.60. The van der Waals surface area contributed by atoms with E-state index in [1.54, 1.807) is 0 Å². The van der Waals surface area contributed by atoms with Crippen LogP contribution in [0.25, 0.3) is 0 Å². The number of rotatable bonds is 3. The van der Waals surface area contributed by atoms with Gasteiger partial charge in [0.25, 0.3) is 6.43 Å². The summed E-state index contributed by atoms with van der Waals surface area (Å²) < 4.78 is 24.5. The summed E-state index contributed by atoms with van der Waals surface area (Å²) in [5.41, 5.74) is -0.387. The molecular formula is C8H5Cl2F2NO. The minimum atomic E-state index is -2.75. The Morgan fingerprint density at radius 3 is 2.64 bits per heavy atom. The Morgan fingerprint density at radius 2 is 2.21 bits per heavy atom. The molecule has 1 heterocycles. The lowest BCUT2D eigenvalue weighted by molar-refractivity contribution is 0.111. The Hall–Kier alpha value is -0.740. The van der Waals surface area contributed by atoms with Crippen molar-refractivity contribution in [2.75, 3.05) is 0 Å². The lowest BCUT2D eigenvalue weighted by Gasteiger charge is -2.06. The fourth-order valence-electron chi connectivity index (χ4n) is 0.920. The van der Waals surface area contributed by atoms with Gasteiger partial charge in [-0.2, -0.15) is 0 Å². The largest absolute Gasteiger partial charge is 0.296 e. The molecule has 2 nitrogen and oxygen atoms in total. The lowest BCUT2D eigenvalue weighted by Crippen LogP contribution is -2.00. The van der Waals surface area contributed by atoms with E-state index in [-0.39, 0.29) is 22.2 Å². The predicted molar refractivity (Wildman–Crippen MR) is 49.1 cm³/mol. The summed E-state index contributed by atoms with van der Waals surface area (Å²) in [5, 5.41) is 0.0346. The lowest BCUT2D eigenvalue weighted by atomic mass is 10.2. The number of halogens is 4. The number of carbonyl (C=O) groups is 1. The molecule has 0 amide bonds. The van der Waals surface area contributed by atoms with Crippen molar-refractivity contribution in [1.29, 1.82) is 0 Å². The molecule has 14 heavy (non-hydrogen) atoms. The SMILES string of the molecule is O=Cc1nc(C(F)F)cc(Cl)c1CCl. The topological polar surface area (TPSA) is 30.0 Å². The average Bonchev–Trinajstić information content (AvgIpc) is 2.16. The molecule has 6 heteroatoms. The number of pyridine rings is 1. The summed E-state index contributed by atoms with van der Waals surface area (Å²) in [5.74, 6) is -0.0383. The van der Waals surface area contributed by atoms with Crippen molar-refractivity contribution in [2.45, 2.75) is 12.3 Å². The monoisotopic (exact) mass is 239 g/mol. The number of nitrogens with zero attached hydrogens (tertiary/aromatic N) is 1. The van der Waals surface area contributed by atoms with Gasteiger partial charge in [0, 0.05) is 10.6 Å². The number of aromatic nitrogens is 1. The maximum atomic E-state index is 12.2. The van der Waals surface area contributed by atoms with Crippen molar-refractivity contribution >= 4 is 29.5 Å². The van der Waals surface area contributed by atoms with Crippen molar-refractivity contribution in [3.8, 4) is 0 Å². The molecule has 0 unspecified atom stereocenters. The second-order valence-electron chi connectivity index (χ2n) is 2.44. The normalized spacial score (nSPS) is 10.6. The van der Waals surface area contributed by atoms with Gasteiger partial charge < -0.3 is 0 Å². The number of carbonyl (C=O) groups excluding carboxylic acids is 1. The van der Waals surface area contributed by atoms with Crippen molar-refractivity contribution in [1.82, 2.24) is 4.98 Å². The molecule has 1 aromatic heterocycles. The van der Waals surface area contributed by atoms with E-state index < -0.39 is 12.1 Å². The summed E-state index contributed by atoms with van der Waals surface area (Å²) in [6.07, 6.45) is -2.40. The highest BCUT2D eigenvalue weighted by atomic mass is 35.5. The molecule has 0 bridgehead atoms. The van der Waals surface area contributed by atoms with Crippen LogP contribution in [0.4, 0.5) is 8.78 Å². The summed E-state index contributed by atoms with van der Waals surface area (Å²) >= 11 is 11.1. The Balaban J connectivity index is 3.31. The first-order valence-electron chi connectivity index (χ1n) is 3.58. The second-order valence-corrected chi connectivity index (χ2v) is 3.12. The van der Waals surface area contributed by atoms with Crippen LogP contribution in [-0.2, 0) is 5.88 Å². The van der Waals surface area contributed by atoms with Crippen molar-refractivity contribution < 1.29 is 13.6 Å². The molecule has 0 fully saturated rings. The second kappa shape index (κ2) is 4.66. The molecule has 0 aromatic carbocycles. The standard InChI is InChI=1S/C8H5Cl2F2NO/c9-2-4-5(10)1-6(8(11)12)13-7(4)3-14/h1,3,8H,2H2. The summed E-state index contributed by atoms with van der Waals surface area (Å²) in [6, 6.07) is 1.01. The van der Waals surface area contributed by atoms with E-state index in [9.17, 15) is 13.6 Å². The maximum absolute atomic E-state index is 12.2. The zero-order valence-electron chi connectivity index (χ0n) is 6.81. The Labute approximate surface area is 88.8 Å². The van der Waals surface area contributed by atoms with Crippen LogP contribution in [0.1, 0.15) is 28.2 Å². The third-order valence-corrected chi connectivity index (χ3v) is 2.19.